The lowest BCUT2D eigenvalue weighted by atomic mass is 9.98. The van der Waals surface area contributed by atoms with E-state index in [1.54, 1.807) is 6.92 Å². The molecule has 0 amide bonds. The van der Waals surface area contributed by atoms with Gasteiger partial charge in [-0.2, -0.15) is 0 Å². The zero-order valence-electron chi connectivity index (χ0n) is 9.30. The highest BCUT2D eigenvalue weighted by molar-refractivity contribution is 5.71. The van der Waals surface area contributed by atoms with Crippen LogP contribution in [0, 0.1) is 0 Å². The van der Waals surface area contributed by atoms with Crippen molar-refractivity contribution in [2.45, 2.75) is 39.2 Å². The molecular weight excluding hydrogens is 182 g/mol. The van der Waals surface area contributed by atoms with Gasteiger partial charge in [-0.1, -0.05) is 13.8 Å². The fraction of sp³-hybridized carbons (Fsp3) is 0.900. The average molecular weight is 203 g/mol. The van der Waals surface area contributed by atoms with E-state index >= 15 is 0 Å². The number of nitrogens with one attached hydrogen (secondary N) is 1. The molecule has 0 aliphatic rings. The summed E-state index contributed by atoms with van der Waals surface area (Å²) < 4.78 is 4.74. The molecule has 0 heterocycles. The Labute approximate surface area is 85.6 Å². The Morgan fingerprint density at radius 1 is 1.36 bits per heavy atom. The molecule has 14 heavy (non-hydrogen) atoms. The van der Waals surface area contributed by atoms with Crippen LogP contribution in [0.5, 0.6) is 0 Å². The van der Waals surface area contributed by atoms with E-state index in [-0.39, 0.29) is 12.5 Å². The molecule has 0 unspecified atom stereocenters. The molecule has 0 radical (unpaired) electrons. The highest BCUT2D eigenvalue weighted by atomic mass is 16.5. The lowest BCUT2D eigenvalue weighted by Gasteiger charge is -2.25. The summed E-state index contributed by atoms with van der Waals surface area (Å²) >= 11 is 0. The Kier molecular flexibility index (Phi) is 6.49. The summed E-state index contributed by atoms with van der Waals surface area (Å²) in [6.45, 7) is 6.61. The molecule has 0 rings (SSSR count). The number of aliphatic hydroxyl groups is 1. The van der Waals surface area contributed by atoms with Crippen molar-refractivity contribution in [3.8, 4) is 0 Å². The molecule has 0 aromatic carbocycles. The van der Waals surface area contributed by atoms with Gasteiger partial charge in [0.25, 0.3) is 0 Å². The van der Waals surface area contributed by atoms with Crippen LogP contribution in [0.3, 0.4) is 0 Å². The van der Waals surface area contributed by atoms with E-state index in [9.17, 15) is 9.90 Å². The quantitative estimate of drug-likeness (QED) is 0.598. The van der Waals surface area contributed by atoms with Crippen molar-refractivity contribution in [1.29, 1.82) is 0 Å². The van der Waals surface area contributed by atoms with Gasteiger partial charge in [-0.3, -0.25) is 4.79 Å². The van der Waals surface area contributed by atoms with Gasteiger partial charge in [0.05, 0.1) is 18.8 Å². The smallest absolute Gasteiger partial charge is 0.319 e. The van der Waals surface area contributed by atoms with E-state index in [4.69, 9.17) is 4.74 Å². The summed E-state index contributed by atoms with van der Waals surface area (Å²) in [7, 11) is 0. The fourth-order valence-electron chi connectivity index (χ4n) is 1.11. The van der Waals surface area contributed by atoms with Gasteiger partial charge in [0.1, 0.15) is 0 Å². The minimum Gasteiger partial charge on any atom is -0.465 e. The molecule has 0 aromatic heterocycles. The monoisotopic (exact) mass is 203 g/mol. The van der Waals surface area contributed by atoms with Crippen molar-refractivity contribution >= 4 is 5.97 Å². The summed E-state index contributed by atoms with van der Waals surface area (Å²) in [5.74, 6) is -0.276. The largest absolute Gasteiger partial charge is 0.465 e. The van der Waals surface area contributed by atoms with Gasteiger partial charge < -0.3 is 15.2 Å². The van der Waals surface area contributed by atoms with Crippen LogP contribution < -0.4 is 5.32 Å². The van der Waals surface area contributed by atoms with E-state index in [1.807, 2.05) is 13.8 Å². The maximum Gasteiger partial charge on any atom is 0.319 e. The second-order valence-corrected chi connectivity index (χ2v) is 3.34. The Bertz CT molecular complexity index is 167. The van der Waals surface area contributed by atoms with Crippen LogP contribution in [-0.4, -0.2) is 36.4 Å². The summed E-state index contributed by atoms with van der Waals surface area (Å²) in [4.78, 5) is 10.9. The van der Waals surface area contributed by atoms with Crippen molar-refractivity contribution in [2.75, 3.05) is 19.7 Å². The number of esters is 1. The summed E-state index contributed by atoms with van der Waals surface area (Å²) in [5, 5.41) is 12.7. The Morgan fingerprint density at radius 2 is 1.93 bits per heavy atom. The standard InChI is InChI=1S/C10H21NO3/c1-4-10(13,5-2)8-11-7-9(12)14-6-3/h11,13H,4-8H2,1-3H3. The Hall–Kier alpha value is -0.610. The number of carbonyl (C=O) groups excluding carboxylic acids is 1. The molecule has 4 nitrogen and oxygen atoms in total. The molecule has 0 bridgehead atoms. The minimum atomic E-state index is -0.702. The van der Waals surface area contributed by atoms with E-state index in [0.29, 0.717) is 26.0 Å². The van der Waals surface area contributed by atoms with Crippen LogP contribution in [0.1, 0.15) is 33.6 Å². The number of ether oxygens (including phenoxy) is 1. The van der Waals surface area contributed by atoms with E-state index in [2.05, 4.69) is 5.32 Å². The first-order valence-electron chi connectivity index (χ1n) is 5.16. The lowest BCUT2D eigenvalue weighted by molar-refractivity contribution is -0.142. The zero-order valence-corrected chi connectivity index (χ0v) is 9.30. The lowest BCUT2D eigenvalue weighted by Crippen LogP contribution is -2.41. The molecular formula is C10H21NO3. The predicted octanol–water partition coefficient (Wildman–Crippen LogP) is 0.690. The Balaban J connectivity index is 3.66. The molecule has 0 aromatic rings. The number of rotatable bonds is 7. The van der Waals surface area contributed by atoms with Crippen LogP contribution in [0.15, 0.2) is 0 Å². The molecule has 0 fully saturated rings. The molecule has 2 N–H and O–H groups in total. The van der Waals surface area contributed by atoms with Gasteiger partial charge in [0.15, 0.2) is 0 Å². The average Bonchev–Trinajstić information content (AvgIpc) is 2.18. The van der Waals surface area contributed by atoms with Crippen LogP contribution in [-0.2, 0) is 9.53 Å². The molecule has 84 valence electrons. The third kappa shape index (κ3) is 5.19. The molecule has 0 saturated heterocycles. The maximum atomic E-state index is 10.9. The first-order valence-corrected chi connectivity index (χ1v) is 5.16. The molecule has 0 atom stereocenters. The maximum absolute atomic E-state index is 10.9. The molecule has 0 spiro atoms. The van der Waals surface area contributed by atoms with Crippen LogP contribution in [0.2, 0.25) is 0 Å². The molecule has 4 heteroatoms. The summed E-state index contributed by atoms with van der Waals surface area (Å²) in [6.07, 6.45) is 1.36. The van der Waals surface area contributed by atoms with Gasteiger partial charge >= 0.3 is 5.97 Å². The van der Waals surface area contributed by atoms with E-state index in [1.165, 1.54) is 0 Å². The topological polar surface area (TPSA) is 58.6 Å². The first-order chi connectivity index (χ1) is 6.58. The van der Waals surface area contributed by atoms with Crippen LogP contribution in [0.4, 0.5) is 0 Å². The van der Waals surface area contributed by atoms with Crippen molar-refractivity contribution in [3.05, 3.63) is 0 Å². The van der Waals surface area contributed by atoms with Gasteiger partial charge in [0.2, 0.25) is 0 Å². The van der Waals surface area contributed by atoms with E-state index in [0.717, 1.165) is 0 Å². The number of carbonyl (C=O) groups is 1. The van der Waals surface area contributed by atoms with E-state index < -0.39 is 5.60 Å². The second-order valence-electron chi connectivity index (χ2n) is 3.34. The zero-order chi connectivity index (χ0) is 11.0. The first kappa shape index (κ1) is 13.4. The molecule has 0 aliphatic heterocycles. The van der Waals surface area contributed by atoms with Crippen molar-refractivity contribution in [1.82, 2.24) is 5.32 Å². The molecule has 0 aliphatic carbocycles. The highest BCUT2D eigenvalue weighted by Gasteiger charge is 2.21. The van der Waals surface area contributed by atoms with Gasteiger partial charge in [-0.15, -0.1) is 0 Å². The number of hydrogen-bond acceptors (Lipinski definition) is 4. The normalized spacial score (nSPS) is 11.4. The van der Waals surface area contributed by atoms with Crippen LogP contribution in [0.25, 0.3) is 0 Å². The fourth-order valence-corrected chi connectivity index (χ4v) is 1.11. The Morgan fingerprint density at radius 3 is 2.36 bits per heavy atom. The third-order valence-electron chi connectivity index (χ3n) is 2.34. The second kappa shape index (κ2) is 6.79. The predicted molar refractivity (Wildman–Crippen MR) is 55.0 cm³/mol. The summed E-state index contributed by atoms with van der Waals surface area (Å²) in [5.41, 5.74) is -0.702. The van der Waals surface area contributed by atoms with Crippen LogP contribution >= 0.6 is 0 Å². The SMILES string of the molecule is CCOC(=O)CNCC(O)(CC)CC. The van der Waals surface area contributed by atoms with Crippen molar-refractivity contribution in [2.24, 2.45) is 0 Å². The number of hydrogen-bond donors (Lipinski definition) is 2. The molecule has 0 saturated carbocycles. The van der Waals surface area contributed by atoms with Gasteiger partial charge in [-0.05, 0) is 19.8 Å². The summed E-state index contributed by atoms with van der Waals surface area (Å²) in [6, 6.07) is 0. The third-order valence-corrected chi connectivity index (χ3v) is 2.34. The minimum absolute atomic E-state index is 0.163. The van der Waals surface area contributed by atoms with Gasteiger partial charge in [0, 0.05) is 6.54 Å². The highest BCUT2D eigenvalue weighted by Crippen LogP contribution is 2.12. The van der Waals surface area contributed by atoms with Crippen molar-refractivity contribution < 1.29 is 14.6 Å². The van der Waals surface area contributed by atoms with Gasteiger partial charge in [-0.25, -0.2) is 0 Å². The van der Waals surface area contributed by atoms with Crippen molar-refractivity contribution in [3.63, 3.8) is 0 Å².